The van der Waals surface area contributed by atoms with Gasteiger partial charge < -0.3 is 10.5 Å². The van der Waals surface area contributed by atoms with E-state index in [9.17, 15) is 0 Å². The Labute approximate surface area is 121 Å². The van der Waals surface area contributed by atoms with E-state index in [0.29, 0.717) is 12.3 Å². The van der Waals surface area contributed by atoms with Gasteiger partial charge in [0.15, 0.2) is 0 Å². The van der Waals surface area contributed by atoms with E-state index < -0.39 is 0 Å². The van der Waals surface area contributed by atoms with Gasteiger partial charge in [0.2, 0.25) is 0 Å². The van der Waals surface area contributed by atoms with Crippen LogP contribution >= 0.6 is 11.3 Å². The lowest BCUT2D eigenvalue weighted by molar-refractivity contribution is 0.306. The van der Waals surface area contributed by atoms with Crippen molar-refractivity contribution in [3.05, 3.63) is 65.0 Å². The molecule has 3 nitrogen and oxygen atoms in total. The maximum absolute atomic E-state index is 5.71. The monoisotopic (exact) mass is 282 g/mol. The predicted molar refractivity (Wildman–Crippen MR) is 82.7 cm³/mol. The summed E-state index contributed by atoms with van der Waals surface area (Å²) in [6.45, 7) is 0.459. The maximum Gasteiger partial charge on any atom is 0.140 e. The number of ether oxygens (including phenoxy) is 1. The fraction of sp³-hybridized carbons (Fsp3) is 0.0625. The van der Waals surface area contributed by atoms with Crippen LogP contribution in [0.4, 0.5) is 5.69 Å². The molecular formula is C16H14N2OS. The van der Waals surface area contributed by atoms with Crippen LogP contribution in [0.15, 0.2) is 60.0 Å². The first-order valence-electron chi connectivity index (χ1n) is 6.29. The molecule has 0 atom stereocenters. The largest absolute Gasteiger partial charge is 0.486 e. The summed E-state index contributed by atoms with van der Waals surface area (Å²) in [5, 5.41) is 3.00. The number of aromatic nitrogens is 1. The fourth-order valence-electron chi connectivity index (χ4n) is 1.87. The quantitative estimate of drug-likeness (QED) is 0.736. The smallest absolute Gasteiger partial charge is 0.140 e. The zero-order chi connectivity index (χ0) is 13.8. The van der Waals surface area contributed by atoms with Crippen molar-refractivity contribution in [3.8, 4) is 17.0 Å². The van der Waals surface area contributed by atoms with Crippen LogP contribution in [-0.2, 0) is 6.61 Å². The van der Waals surface area contributed by atoms with Crippen LogP contribution < -0.4 is 10.5 Å². The first-order valence-corrected chi connectivity index (χ1v) is 7.17. The fourth-order valence-corrected chi connectivity index (χ4v) is 2.58. The molecule has 2 N–H and O–H groups in total. The highest BCUT2D eigenvalue weighted by Crippen LogP contribution is 2.23. The van der Waals surface area contributed by atoms with Crippen molar-refractivity contribution < 1.29 is 4.74 Å². The number of nitrogens with zero attached hydrogens (tertiary/aromatic N) is 1. The first kappa shape index (κ1) is 12.7. The van der Waals surface area contributed by atoms with E-state index in [0.717, 1.165) is 22.0 Å². The summed E-state index contributed by atoms with van der Waals surface area (Å²) in [5.74, 6) is 0.765. The van der Waals surface area contributed by atoms with Gasteiger partial charge in [0.1, 0.15) is 17.4 Å². The van der Waals surface area contributed by atoms with Gasteiger partial charge in [0.05, 0.1) is 5.69 Å². The predicted octanol–water partition coefficient (Wildman–Crippen LogP) is 3.97. The van der Waals surface area contributed by atoms with Crippen molar-refractivity contribution in [1.29, 1.82) is 0 Å². The summed E-state index contributed by atoms with van der Waals surface area (Å²) in [5.41, 5.74) is 8.53. The molecular weight excluding hydrogens is 268 g/mol. The van der Waals surface area contributed by atoms with Crippen molar-refractivity contribution in [2.45, 2.75) is 6.61 Å². The Hall–Kier alpha value is -2.33. The number of thiazole rings is 1. The van der Waals surface area contributed by atoms with E-state index in [1.807, 2.05) is 47.8 Å². The Morgan fingerprint density at radius 2 is 1.90 bits per heavy atom. The van der Waals surface area contributed by atoms with E-state index in [4.69, 9.17) is 10.5 Å². The lowest BCUT2D eigenvalue weighted by Gasteiger charge is -2.04. The van der Waals surface area contributed by atoms with Gasteiger partial charge in [-0.2, -0.15) is 0 Å². The second-order valence-corrected chi connectivity index (χ2v) is 5.30. The van der Waals surface area contributed by atoms with Crippen LogP contribution in [0.1, 0.15) is 5.01 Å². The molecule has 0 spiro atoms. The number of hydrogen-bond acceptors (Lipinski definition) is 4. The van der Waals surface area contributed by atoms with Crippen molar-refractivity contribution >= 4 is 17.0 Å². The zero-order valence-corrected chi connectivity index (χ0v) is 11.6. The minimum atomic E-state index is 0.459. The SMILES string of the molecule is Nc1cccc(OCc2nc(-c3ccccc3)cs2)c1. The van der Waals surface area contributed by atoms with E-state index in [1.54, 1.807) is 11.3 Å². The summed E-state index contributed by atoms with van der Waals surface area (Å²) in [6.07, 6.45) is 0. The Morgan fingerprint density at radius 3 is 2.70 bits per heavy atom. The van der Waals surface area contributed by atoms with Crippen LogP contribution in [0.2, 0.25) is 0 Å². The van der Waals surface area contributed by atoms with Gasteiger partial charge in [-0.05, 0) is 12.1 Å². The van der Waals surface area contributed by atoms with Crippen molar-refractivity contribution in [1.82, 2.24) is 4.98 Å². The van der Waals surface area contributed by atoms with E-state index in [-0.39, 0.29) is 0 Å². The van der Waals surface area contributed by atoms with Gasteiger partial charge in [0.25, 0.3) is 0 Å². The summed E-state index contributed by atoms with van der Waals surface area (Å²) in [6, 6.07) is 17.5. The molecule has 0 saturated heterocycles. The number of anilines is 1. The van der Waals surface area contributed by atoms with Gasteiger partial charge in [0, 0.05) is 22.7 Å². The van der Waals surface area contributed by atoms with Crippen LogP contribution in [0, 0.1) is 0 Å². The topological polar surface area (TPSA) is 48.1 Å². The zero-order valence-electron chi connectivity index (χ0n) is 10.8. The molecule has 0 aliphatic carbocycles. The van der Waals surface area contributed by atoms with E-state index in [1.165, 1.54) is 0 Å². The molecule has 0 aliphatic rings. The van der Waals surface area contributed by atoms with Crippen molar-refractivity contribution in [2.75, 3.05) is 5.73 Å². The highest BCUT2D eigenvalue weighted by atomic mass is 32.1. The average molecular weight is 282 g/mol. The van der Waals surface area contributed by atoms with Crippen molar-refractivity contribution in [2.24, 2.45) is 0 Å². The molecule has 0 radical (unpaired) electrons. The number of rotatable bonds is 4. The number of nitrogens with two attached hydrogens (primary N) is 1. The lowest BCUT2D eigenvalue weighted by atomic mass is 10.2. The maximum atomic E-state index is 5.71. The molecule has 3 rings (SSSR count). The molecule has 1 aromatic heterocycles. The lowest BCUT2D eigenvalue weighted by Crippen LogP contribution is -1.95. The van der Waals surface area contributed by atoms with Gasteiger partial charge in [-0.15, -0.1) is 11.3 Å². The average Bonchev–Trinajstić information content (AvgIpc) is 2.95. The Balaban J connectivity index is 1.69. The third-order valence-electron chi connectivity index (χ3n) is 2.84. The second kappa shape index (κ2) is 5.75. The molecule has 0 unspecified atom stereocenters. The normalized spacial score (nSPS) is 10.4. The van der Waals surface area contributed by atoms with Crippen LogP contribution in [-0.4, -0.2) is 4.98 Å². The highest BCUT2D eigenvalue weighted by Gasteiger charge is 2.05. The van der Waals surface area contributed by atoms with Crippen LogP contribution in [0.25, 0.3) is 11.3 Å². The van der Waals surface area contributed by atoms with Crippen LogP contribution in [0.3, 0.4) is 0 Å². The van der Waals surface area contributed by atoms with Crippen molar-refractivity contribution in [3.63, 3.8) is 0 Å². The molecule has 2 aromatic carbocycles. The summed E-state index contributed by atoms with van der Waals surface area (Å²) < 4.78 is 5.69. The Bertz CT molecular complexity index is 694. The summed E-state index contributed by atoms with van der Waals surface area (Å²) >= 11 is 1.60. The standard InChI is InChI=1S/C16H14N2OS/c17-13-7-4-8-14(9-13)19-10-16-18-15(11-20-16)12-5-2-1-3-6-12/h1-9,11H,10,17H2. The molecule has 20 heavy (non-hydrogen) atoms. The molecule has 0 bridgehead atoms. The minimum absolute atomic E-state index is 0.459. The molecule has 100 valence electrons. The third kappa shape index (κ3) is 2.97. The molecule has 0 saturated carbocycles. The van der Waals surface area contributed by atoms with E-state index in [2.05, 4.69) is 17.1 Å². The molecule has 1 heterocycles. The third-order valence-corrected chi connectivity index (χ3v) is 3.66. The van der Waals surface area contributed by atoms with E-state index >= 15 is 0 Å². The second-order valence-electron chi connectivity index (χ2n) is 4.35. The van der Waals surface area contributed by atoms with Gasteiger partial charge >= 0.3 is 0 Å². The van der Waals surface area contributed by atoms with Crippen LogP contribution in [0.5, 0.6) is 5.75 Å². The van der Waals surface area contributed by atoms with Gasteiger partial charge in [-0.3, -0.25) is 0 Å². The Kier molecular flexibility index (Phi) is 3.65. The number of hydrogen-bond donors (Lipinski definition) is 1. The first-order chi connectivity index (χ1) is 9.81. The van der Waals surface area contributed by atoms with Gasteiger partial charge in [-0.1, -0.05) is 36.4 Å². The highest BCUT2D eigenvalue weighted by molar-refractivity contribution is 7.09. The molecule has 0 aliphatic heterocycles. The minimum Gasteiger partial charge on any atom is -0.486 e. The molecule has 3 aromatic rings. The molecule has 0 fully saturated rings. The number of nitrogen functional groups attached to an aromatic ring is 1. The van der Waals surface area contributed by atoms with Gasteiger partial charge in [-0.25, -0.2) is 4.98 Å². The molecule has 0 amide bonds. The molecule has 4 heteroatoms. The summed E-state index contributed by atoms with van der Waals surface area (Å²) in [7, 11) is 0. The Morgan fingerprint density at radius 1 is 1.05 bits per heavy atom. The number of benzene rings is 2. The summed E-state index contributed by atoms with van der Waals surface area (Å²) in [4.78, 5) is 4.58.